The maximum atomic E-state index is 12.0. The Bertz CT molecular complexity index is 998. The van der Waals surface area contributed by atoms with E-state index in [9.17, 15) is 28.1 Å². The van der Waals surface area contributed by atoms with E-state index in [1.165, 1.54) is 36.4 Å². The van der Waals surface area contributed by atoms with E-state index in [0.29, 0.717) is 5.56 Å². The van der Waals surface area contributed by atoms with Crippen molar-refractivity contribution in [2.75, 3.05) is 18.2 Å². The third-order valence-electron chi connectivity index (χ3n) is 3.56. The fraction of sp³-hybridized carbons (Fsp3) is 0.176. The summed E-state index contributed by atoms with van der Waals surface area (Å²) in [5, 5.41) is 13.4. The fourth-order valence-electron chi connectivity index (χ4n) is 2.20. The lowest BCUT2D eigenvalue weighted by atomic mass is 10.1. The molecule has 0 heterocycles. The number of nitro groups is 1. The first kappa shape index (κ1) is 20.0. The molecular formula is C17H16N2O7S. The van der Waals surface area contributed by atoms with Crippen molar-refractivity contribution in [3.63, 3.8) is 0 Å². The molecule has 0 fully saturated rings. The normalized spacial score (nSPS) is 10.9. The number of anilines is 1. The molecule has 27 heavy (non-hydrogen) atoms. The zero-order valence-electron chi connectivity index (χ0n) is 14.5. The summed E-state index contributed by atoms with van der Waals surface area (Å²) in [6.45, 7) is 0.941. The van der Waals surface area contributed by atoms with Gasteiger partial charge in [-0.15, -0.1) is 0 Å². The number of ether oxygens (including phenoxy) is 1. The minimum Gasteiger partial charge on any atom is -0.452 e. The first-order valence-electron chi connectivity index (χ1n) is 7.60. The quantitative estimate of drug-likeness (QED) is 0.452. The number of nitro benzene ring substituents is 1. The maximum Gasteiger partial charge on any atom is 0.338 e. The van der Waals surface area contributed by atoms with E-state index in [1.54, 1.807) is 13.0 Å². The first-order valence-corrected chi connectivity index (χ1v) is 9.50. The van der Waals surface area contributed by atoms with Crippen LogP contribution in [0.15, 0.2) is 47.4 Å². The molecule has 2 aromatic carbocycles. The zero-order chi connectivity index (χ0) is 20.2. The Balaban J connectivity index is 2.02. The molecule has 2 rings (SSSR count). The van der Waals surface area contributed by atoms with Gasteiger partial charge in [-0.05, 0) is 36.8 Å². The molecule has 0 unspecified atom stereocenters. The largest absolute Gasteiger partial charge is 0.452 e. The monoisotopic (exact) mass is 392 g/mol. The number of amides is 1. The Labute approximate surface area is 155 Å². The van der Waals surface area contributed by atoms with Gasteiger partial charge in [-0.2, -0.15) is 0 Å². The van der Waals surface area contributed by atoms with E-state index in [1.807, 2.05) is 0 Å². The molecule has 0 aliphatic carbocycles. The molecule has 1 amide bonds. The number of esters is 1. The number of hydrogen-bond donors (Lipinski definition) is 1. The van der Waals surface area contributed by atoms with Crippen molar-refractivity contribution in [2.24, 2.45) is 0 Å². The van der Waals surface area contributed by atoms with Gasteiger partial charge in [0.15, 0.2) is 16.4 Å². The van der Waals surface area contributed by atoms with Gasteiger partial charge in [-0.3, -0.25) is 14.9 Å². The minimum atomic E-state index is -3.39. The number of nitrogens with one attached hydrogen (secondary N) is 1. The predicted octanol–water partition coefficient (Wildman–Crippen LogP) is 2.10. The average molecular weight is 392 g/mol. The van der Waals surface area contributed by atoms with Gasteiger partial charge in [0.1, 0.15) is 5.69 Å². The van der Waals surface area contributed by atoms with Crippen LogP contribution in [-0.4, -0.2) is 38.1 Å². The van der Waals surface area contributed by atoms with Crippen LogP contribution in [0.4, 0.5) is 11.4 Å². The third kappa shape index (κ3) is 5.11. The van der Waals surface area contributed by atoms with Gasteiger partial charge in [0.2, 0.25) is 0 Å². The second kappa shape index (κ2) is 7.96. The van der Waals surface area contributed by atoms with Gasteiger partial charge in [0, 0.05) is 12.3 Å². The number of para-hydroxylation sites is 1. The van der Waals surface area contributed by atoms with Gasteiger partial charge in [-0.1, -0.05) is 12.1 Å². The van der Waals surface area contributed by atoms with Crippen LogP contribution in [-0.2, 0) is 19.4 Å². The number of carbonyl (C=O) groups excluding carboxylic acids is 2. The molecule has 10 heteroatoms. The minimum absolute atomic E-state index is 0.0288. The highest BCUT2D eigenvalue weighted by Gasteiger charge is 2.19. The smallest absolute Gasteiger partial charge is 0.338 e. The number of rotatable bonds is 6. The molecule has 0 aromatic heterocycles. The molecule has 9 nitrogen and oxygen atoms in total. The molecule has 0 aliphatic heterocycles. The van der Waals surface area contributed by atoms with E-state index in [4.69, 9.17) is 4.74 Å². The van der Waals surface area contributed by atoms with Gasteiger partial charge in [-0.25, -0.2) is 13.2 Å². The summed E-state index contributed by atoms with van der Waals surface area (Å²) in [6, 6.07) is 9.37. The van der Waals surface area contributed by atoms with Crippen LogP contribution >= 0.6 is 0 Å². The van der Waals surface area contributed by atoms with E-state index < -0.39 is 33.2 Å². The lowest BCUT2D eigenvalue weighted by Crippen LogP contribution is -2.22. The Morgan fingerprint density at radius 1 is 1.15 bits per heavy atom. The predicted molar refractivity (Wildman–Crippen MR) is 96.3 cm³/mol. The molecule has 1 N–H and O–H groups in total. The summed E-state index contributed by atoms with van der Waals surface area (Å²) in [6.07, 6.45) is 1.04. The SMILES string of the molecule is Cc1cccc([N+](=O)[O-])c1NC(=O)COC(=O)c1ccc(S(C)(=O)=O)cc1. The molecule has 0 spiro atoms. The Morgan fingerprint density at radius 2 is 1.78 bits per heavy atom. The summed E-state index contributed by atoms with van der Waals surface area (Å²) >= 11 is 0. The number of benzene rings is 2. The molecule has 142 valence electrons. The number of sulfone groups is 1. The molecule has 0 radical (unpaired) electrons. The Kier molecular flexibility index (Phi) is 5.91. The van der Waals surface area contributed by atoms with Crippen LogP contribution in [0.5, 0.6) is 0 Å². The van der Waals surface area contributed by atoms with Crippen molar-refractivity contribution in [3.05, 3.63) is 63.7 Å². The maximum absolute atomic E-state index is 12.0. The van der Waals surface area contributed by atoms with Crippen LogP contribution in [0.2, 0.25) is 0 Å². The second-order valence-electron chi connectivity index (χ2n) is 5.65. The molecular weight excluding hydrogens is 376 g/mol. The summed E-state index contributed by atoms with van der Waals surface area (Å²) in [7, 11) is -3.39. The van der Waals surface area contributed by atoms with Crippen molar-refractivity contribution >= 4 is 33.1 Å². The lowest BCUT2D eigenvalue weighted by molar-refractivity contribution is -0.384. The van der Waals surface area contributed by atoms with Crippen LogP contribution < -0.4 is 5.32 Å². The highest BCUT2D eigenvalue weighted by Crippen LogP contribution is 2.27. The molecule has 0 saturated heterocycles. The standard InChI is InChI=1S/C17H16N2O7S/c1-11-4-3-5-14(19(22)23)16(11)18-15(20)10-26-17(21)12-6-8-13(9-7-12)27(2,24)25/h3-9H,10H2,1-2H3,(H,18,20). The van der Waals surface area contributed by atoms with Crippen LogP contribution in [0, 0.1) is 17.0 Å². The van der Waals surface area contributed by atoms with Crippen molar-refractivity contribution < 1.29 is 27.7 Å². The highest BCUT2D eigenvalue weighted by molar-refractivity contribution is 7.90. The highest BCUT2D eigenvalue weighted by atomic mass is 32.2. The van der Waals surface area contributed by atoms with E-state index in [-0.39, 0.29) is 21.8 Å². The summed E-state index contributed by atoms with van der Waals surface area (Å²) in [4.78, 5) is 34.4. The van der Waals surface area contributed by atoms with E-state index in [2.05, 4.69) is 5.32 Å². The van der Waals surface area contributed by atoms with Gasteiger partial charge >= 0.3 is 5.97 Å². The third-order valence-corrected chi connectivity index (χ3v) is 4.69. The van der Waals surface area contributed by atoms with Crippen molar-refractivity contribution in [3.8, 4) is 0 Å². The summed E-state index contributed by atoms with van der Waals surface area (Å²) in [5.74, 6) is -1.57. The number of aryl methyl sites for hydroxylation is 1. The zero-order valence-corrected chi connectivity index (χ0v) is 15.3. The lowest BCUT2D eigenvalue weighted by Gasteiger charge is -2.09. The Morgan fingerprint density at radius 3 is 2.33 bits per heavy atom. The molecule has 0 atom stereocenters. The van der Waals surface area contributed by atoms with Gasteiger partial charge < -0.3 is 10.1 Å². The number of carbonyl (C=O) groups is 2. The van der Waals surface area contributed by atoms with Crippen LogP contribution in [0.25, 0.3) is 0 Å². The molecule has 0 aliphatic rings. The number of nitrogens with zero attached hydrogens (tertiary/aromatic N) is 1. The molecule has 0 bridgehead atoms. The van der Waals surface area contributed by atoms with E-state index in [0.717, 1.165) is 6.26 Å². The number of hydrogen-bond acceptors (Lipinski definition) is 7. The Hall–Kier alpha value is -3.27. The van der Waals surface area contributed by atoms with Gasteiger partial charge in [0.25, 0.3) is 11.6 Å². The van der Waals surface area contributed by atoms with E-state index >= 15 is 0 Å². The molecule has 0 saturated carbocycles. The van der Waals surface area contributed by atoms with Crippen molar-refractivity contribution in [1.82, 2.24) is 0 Å². The first-order chi connectivity index (χ1) is 12.6. The van der Waals surface area contributed by atoms with Crippen molar-refractivity contribution in [1.29, 1.82) is 0 Å². The van der Waals surface area contributed by atoms with Crippen molar-refractivity contribution in [2.45, 2.75) is 11.8 Å². The molecule has 2 aromatic rings. The second-order valence-corrected chi connectivity index (χ2v) is 7.66. The summed E-state index contributed by atoms with van der Waals surface area (Å²) < 4.78 is 27.6. The summed E-state index contributed by atoms with van der Waals surface area (Å²) in [5.41, 5.74) is 0.310. The average Bonchev–Trinajstić information content (AvgIpc) is 2.60. The van der Waals surface area contributed by atoms with Gasteiger partial charge in [0.05, 0.1) is 15.4 Å². The van der Waals surface area contributed by atoms with Crippen LogP contribution in [0.1, 0.15) is 15.9 Å². The fourth-order valence-corrected chi connectivity index (χ4v) is 2.83. The topological polar surface area (TPSA) is 133 Å². The van der Waals surface area contributed by atoms with Crippen LogP contribution in [0.3, 0.4) is 0 Å².